The van der Waals surface area contributed by atoms with E-state index in [4.69, 9.17) is 0 Å². The van der Waals surface area contributed by atoms with Gasteiger partial charge in [0.2, 0.25) is 0 Å². The van der Waals surface area contributed by atoms with Crippen molar-refractivity contribution in [3.05, 3.63) is 58.6 Å². The van der Waals surface area contributed by atoms with Crippen LogP contribution in [0.15, 0.2) is 41.9 Å². The second kappa shape index (κ2) is 6.70. The summed E-state index contributed by atoms with van der Waals surface area (Å²) in [6.07, 6.45) is 0. The molecule has 0 radical (unpaired) electrons. The number of benzene rings is 2. The molecule has 3 nitrogen and oxygen atoms in total. The van der Waals surface area contributed by atoms with Crippen molar-refractivity contribution in [3.8, 4) is 11.8 Å². The molecule has 1 heterocycles. The Morgan fingerprint density at radius 1 is 1.16 bits per heavy atom. The molecule has 0 saturated heterocycles. The van der Waals surface area contributed by atoms with Gasteiger partial charge in [0.05, 0.1) is 15.7 Å². The van der Waals surface area contributed by atoms with E-state index in [1.54, 1.807) is 16.8 Å². The number of thiazole rings is 1. The van der Waals surface area contributed by atoms with Gasteiger partial charge in [-0.1, -0.05) is 11.8 Å². The van der Waals surface area contributed by atoms with Crippen LogP contribution in [-0.2, 0) is 0 Å². The van der Waals surface area contributed by atoms with Crippen molar-refractivity contribution in [3.63, 3.8) is 0 Å². The van der Waals surface area contributed by atoms with Gasteiger partial charge < -0.3 is 5.32 Å². The number of carbonyl (C=O) groups is 1. The molecular weight excluding hydrogens is 328 g/mol. The molecule has 2 aromatic carbocycles. The van der Waals surface area contributed by atoms with Gasteiger partial charge in [0.25, 0.3) is 5.91 Å². The summed E-state index contributed by atoms with van der Waals surface area (Å²) >= 11 is 1.58. The van der Waals surface area contributed by atoms with Gasteiger partial charge >= 0.3 is 0 Å². The summed E-state index contributed by atoms with van der Waals surface area (Å²) in [6.45, 7) is 8.16. The monoisotopic (exact) mass is 348 g/mol. The first-order valence-electron chi connectivity index (χ1n) is 8.10. The summed E-state index contributed by atoms with van der Waals surface area (Å²) in [5, 5.41) is 2.95. The number of nitrogens with one attached hydrogen (secondary N) is 1. The molecule has 3 rings (SSSR count). The van der Waals surface area contributed by atoms with E-state index in [-0.39, 0.29) is 11.3 Å². The van der Waals surface area contributed by atoms with Gasteiger partial charge in [-0.15, -0.1) is 11.3 Å². The van der Waals surface area contributed by atoms with Crippen molar-refractivity contribution in [2.24, 2.45) is 5.41 Å². The summed E-state index contributed by atoms with van der Waals surface area (Å²) in [7, 11) is 0. The van der Waals surface area contributed by atoms with Gasteiger partial charge in [0.15, 0.2) is 0 Å². The molecule has 0 spiro atoms. The molecular formula is C21H20N2OS. The van der Waals surface area contributed by atoms with Crippen molar-refractivity contribution in [2.45, 2.75) is 27.7 Å². The highest BCUT2D eigenvalue weighted by Crippen LogP contribution is 2.22. The van der Waals surface area contributed by atoms with Crippen LogP contribution in [0.1, 0.15) is 42.3 Å². The molecule has 4 heteroatoms. The van der Waals surface area contributed by atoms with Crippen LogP contribution in [0.25, 0.3) is 10.2 Å². The summed E-state index contributed by atoms with van der Waals surface area (Å²) in [5.74, 6) is 6.26. The lowest BCUT2D eigenvalue weighted by Gasteiger charge is -2.09. The van der Waals surface area contributed by atoms with Gasteiger partial charge in [-0.05, 0) is 69.7 Å². The first kappa shape index (κ1) is 17.2. The normalized spacial score (nSPS) is 11.0. The number of carbonyl (C=O) groups excluding carboxylic acids is 1. The van der Waals surface area contributed by atoms with Gasteiger partial charge in [-0.25, -0.2) is 4.98 Å². The lowest BCUT2D eigenvalue weighted by atomic mass is 9.97. The fourth-order valence-corrected chi connectivity index (χ4v) is 3.05. The minimum atomic E-state index is -0.123. The topological polar surface area (TPSA) is 42.0 Å². The third-order valence-electron chi connectivity index (χ3n) is 3.64. The lowest BCUT2D eigenvalue weighted by Crippen LogP contribution is -2.13. The predicted octanol–water partition coefficient (Wildman–Crippen LogP) is 5.25. The zero-order valence-electron chi connectivity index (χ0n) is 14.8. The Morgan fingerprint density at radius 3 is 2.68 bits per heavy atom. The minimum absolute atomic E-state index is 0.0434. The van der Waals surface area contributed by atoms with E-state index in [2.05, 4.69) is 42.9 Å². The number of nitrogens with zero attached hydrogens (tertiary/aromatic N) is 1. The number of aryl methyl sites for hydroxylation is 1. The van der Waals surface area contributed by atoms with Crippen LogP contribution in [0, 0.1) is 24.2 Å². The summed E-state index contributed by atoms with van der Waals surface area (Å²) in [5.41, 5.74) is 5.89. The summed E-state index contributed by atoms with van der Waals surface area (Å²) in [6, 6.07) is 11.4. The maximum atomic E-state index is 12.6. The SMILES string of the molecule is Cc1cc(C#CC(C)(C)C)ccc1C(=O)Nc1ccc2scnc2c1. The molecule has 0 bridgehead atoms. The molecule has 0 saturated carbocycles. The van der Waals surface area contributed by atoms with Crippen molar-refractivity contribution in [1.29, 1.82) is 0 Å². The van der Waals surface area contributed by atoms with E-state index in [9.17, 15) is 4.79 Å². The van der Waals surface area contributed by atoms with Crippen LogP contribution in [0.3, 0.4) is 0 Å². The molecule has 25 heavy (non-hydrogen) atoms. The van der Waals surface area contributed by atoms with Crippen LogP contribution in [0.4, 0.5) is 5.69 Å². The molecule has 3 aromatic rings. The van der Waals surface area contributed by atoms with Crippen LogP contribution in [0.5, 0.6) is 0 Å². The fraction of sp³-hybridized carbons (Fsp3) is 0.238. The van der Waals surface area contributed by atoms with Crippen molar-refractivity contribution in [1.82, 2.24) is 4.98 Å². The van der Waals surface area contributed by atoms with E-state index in [0.717, 1.165) is 27.0 Å². The Balaban J connectivity index is 1.80. The van der Waals surface area contributed by atoms with Crippen LogP contribution in [-0.4, -0.2) is 10.9 Å². The molecule has 0 fully saturated rings. The average molecular weight is 348 g/mol. The highest BCUT2D eigenvalue weighted by molar-refractivity contribution is 7.16. The highest BCUT2D eigenvalue weighted by Gasteiger charge is 2.11. The van der Waals surface area contributed by atoms with Crippen molar-refractivity contribution < 1.29 is 4.79 Å². The van der Waals surface area contributed by atoms with Crippen molar-refractivity contribution >= 4 is 33.1 Å². The van der Waals surface area contributed by atoms with Crippen LogP contribution in [0.2, 0.25) is 0 Å². The Hall–Kier alpha value is -2.64. The Bertz CT molecular complexity index is 1000. The second-order valence-corrected chi connectivity index (χ2v) is 7.91. The summed E-state index contributed by atoms with van der Waals surface area (Å²) < 4.78 is 1.11. The maximum Gasteiger partial charge on any atom is 0.255 e. The van der Waals surface area contributed by atoms with E-state index < -0.39 is 0 Å². The van der Waals surface area contributed by atoms with E-state index in [1.165, 1.54) is 0 Å². The zero-order valence-corrected chi connectivity index (χ0v) is 15.6. The molecule has 1 N–H and O–H groups in total. The Labute approximate surface area is 152 Å². The molecule has 0 unspecified atom stereocenters. The molecule has 1 amide bonds. The molecule has 126 valence electrons. The lowest BCUT2D eigenvalue weighted by molar-refractivity contribution is 0.102. The number of fused-ring (bicyclic) bond motifs is 1. The smallest absolute Gasteiger partial charge is 0.255 e. The third-order valence-corrected chi connectivity index (χ3v) is 4.45. The Kier molecular flexibility index (Phi) is 4.61. The number of rotatable bonds is 2. The number of hydrogen-bond acceptors (Lipinski definition) is 3. The van der Waals surface area contributed by atoms with Crippen LogP contribution < -0.4 is 5.32 Å². The first-order valence-corrected chi connectivity index (χ1v) is 8.98. The predicted molar refractivity (Wildman–Crippen MR) is 105 cm³/mol. The highest BCUT2D eigenvalue weighted by atomic mass is 32.1. The zero-order chi connectivity index (χ0) is 18.0. The first-order chi connectivity index (χ1) is 11.8. The quantitative estimate of drug-likeness (QED) is 0.642. The van der Waals surface area contributed by atoms with Crippen LogP contribution >= 0.6 is 11.3 Å². The van der Waals surface area contributed by atoms with Gasteiger partial charge in [0, 0.05) is 22.2 Å². The summed E-state index contributed by atoms with van der Waals surface area (Å²) in [4.78, 5) is 16.9. The molecule has 0 aliphatic carbocycles. The average Bonchev–Trinajstić information content (AvgIpc) is 3.00. The molecule has 0 aliphatic rings. The van der Waals surface area contributed by atoms with Gasteiger partial charge in [0.1, 0.15) is 0 Å². The fourth-order valence-electron chi connectivity index (χ4n) is 2.39. The second-order valence-electron chi connectivity index (χ2n) is 7.02. The third kappa shape index (κ3) is 4.26. The molecule has 1 aromatic heterocycles. The van der Waals surface area contributed by atoms with Gasteiger partial charge in [-0.2, -0.15) is 0 Å². The number of amides is 1. The Morgan fingerprint density at radius 2 is 1.96 bits per heavy atom. The molecule has 0 atom stereocenters. The number of hydrogen-bond donors (Lipinski definition) is 1. The maximum absolute atomic E-state index is 12.6. The van der Waals surface area contributed by atoms with E-state index in [0.29, 0.717) is 5.56 Å². The minimum Gasteiger partial charge on any atom is -0.322 e. The standard InChI is InChI=1S/C21H20N2OS/c1-14-11-15(9-10-21(2,3)4)5-7-17(14)20(24)23-16-6-8-19-18(12-16)22-13-25-19/h5-8,11-13H,1-4H3,(H,23,24). The molecule has 0 aliphatic heterocycles. The van der Waals surface area contributed by atoms with E-state index in [1.807, 2.05) is 43.3 Å². The number of anilines is 1. The largest absolute Gasteiger partial charge is 0.322 e. The van der Waals surface area contributed by atoms with Gasteiger partial charge in [-0.3, -0.25) is 4.79 Å². The van der Waals surface area contributed by atoms with Crippen molar-refractivity contribution in [2.75, 3.05) is 5.32 Å². The van der Waals surface area contributed by atoms with E-state index >= 15 is 0 Å². The number of aromatic nitrogens is 1.